The third-order valence-electron chi connectivity index (χ3n) is 7.41. The van der Waals surface area contributed by atoms with E-state index in [1.165, 1.54) is 11.1 Å². The van der Waals surface area contributed by atoms with Crippen LogP contribution < -0.4 is 0 Å². The number of rotatable bonds is 3. The van der Waals surface area contributed by atoms with Gasteiger partial charge in [0.15, 0.2) is 0 Å². The molecule has 4 rings (SSSR count). The van der Waals surface area contributed by atoms with Gasteiger partial charge in [0.25, 0.3) is 0 Å². The number of carbonyl (C=O) groups excluding carboxylic acids is 1. The molecule has 1 aromatic rings. The third kappa shape index (κ3) is 2.59. The van der Waals surface area contributed by atoms with Gasteiger partial charge in [-0.3, -0.25) is 4.79 Å². The minimum atomic E-state index is -0.232. The zero-order chi connectivity index (χ0) is 18.5. The zero-order valence-electron chi connectivity index (χ0n) is 16.1. The van der Waals surface area contributed by atoms with E-state index in [0.29, 0.717) is 29.4 Å². The van der Waals surface area contributed by atoms with E-state index in [1.807, 2.05) is 17.0 Å². The van der Waals surface area contributed by atoms with Crippen LogP contribution in [0.3, 0.4) is 0 Å². The summed E-state index contributed by atoms with van der Waals surface area (Å²) >= 11 is 0. The number of phenolic OH excluding ortho intramolecular Hbond substituents is 1. The largest absolute Gasteiger partial charge is 0.508 e. The van der Waals surface area contributed by atoms with Gasteiger partial charge in [0.05, 0.1) is 5.41 Å². The number of amides is 1. The fraction of sp³-hybridized carbons (Fsp3) is 0.609. The minimum Gasteiger partial charge on any atom is -0.508 e. The summed E-state index contributed by atoms with van der Waals surface area (Å²) in [6.45, 7) is 9.50. The second-order valence-corrected chi connectivity index (χ2v) is 8.84. The maximum atomic E-state index is 13.4. The molecule has 1 saturated carbocycles. The van der Waals surface area contributed by atoms with Gasteiger partial charge in [0.1, 0.15) is 5.75 Å². The Morgan fingerprint density at radius 1 is 1.35 bits per heavy atom. The normalized spacial score (nSPS) is 33.5. The molecule has 0 aromatic heterocycles. The standard InChI is InChI=1S/C23H31NO2/c1-4-5-12-24-15(2)13-21-20-8-6-16-14-17(25)7-9-18(16)19(20)10-11-23(21,3)22(24)26/h7,9,14,19-21,25H,2,4-6,8,10-13H2,1,3H3/t19?,20?,21?,23-/m0/s1. The van der Waals surface area contributed by atoms with Crippen LogP contribution in [-0.2, 0) is 11.2 Å². The number of nitrogens with zero attached hydrogens (tertiary/aromatic N) is 1. The monoisotopic (exact) mass is 353 g/mol. The summed E-state index contributed by atoms with van der Waals surface area (Å²) in [6, 6.07) is 5.89. The molecular formula is C23H31NO2. The van der Waals surface area contributed by atoms with Crippen LogP contribution in [0.2, 0.25) is 0 Å². The second-order valence-electron chi connectivity index (χ2n) is 8.84. The lowest BCUT2D eigenvalue weighted by molar-refractivity contribution is -0.153. The summed E-state index contributed by atoms with van der Waals surface area (Å²) in [5.41, 5.74) is 3.51. The van der Waals surface area contributed by atoms with Crippen LogP contribution in [0.15, 0.2) is 30.5 Å². The topological polar surface area (TPSA) is 40.5 Å². The Bertz CT molecular complexity index is 740. The number of aryl methyl sites for hydroxylation is 1. The van der Waals surface area contributed by atoms with Crippen molar-refractivity contribution < 1.29 is 9.90 Å². The lowest BCUT2D eigenvalue weighted by Gasteiger charge is -2.55. The van der Waals surface area contributed by atoms with Crippen molar-refractivity contribution in [1.82, 2.24) is 4.90 Å². The van der Waals surface area contributed by atoms with E-state index in [0.717, 1.165) is 57.2 Å². The first-order valence-corrected chi connectivity index (χ1v) is 10.3. The molecule has 1 aromatic carbocycles. The summed E-state index contributed by atoms with van der Waals surface area (Å²) in [5, 5.41) is 9.82. The number of unbranched alkanes of at least 4 members (excludes halogenated alkanes) is 1. The van der Waals surface area contributed by atoms with E-state index >= 15 is 0 Å². The van der Waals surface area contributed by atoms with Crippen LogP contribution in [0, 0.1) is 17.3 Å². The molecule has 1 aliphatic heterocycles. The van der Waals surface area contributed by atoms with E-state index in [-0.39, 0.29) is 5.41 Å². The molecule has 2 aliphatic carbocycles. The van der Waals surface area contributed by atoms with Crippen molar-refractivity contribution >= 4 is 5.91 Å². The number of aromatic hydroxyl groups is 1. The highest BCUT2D eigenvalue weighted by Gasteiger charge is 2.55. The van der Waals surface area contributed by atoms with Gasteiger partial charge in [-0.2, -0.15) is 0 Å². The van der Waals surface area contributed by atoms with E-state index < -0.39 is 0 Å². The summed E-state index contributed by atoms with van der Waals surface area (Å²) < 4.78 is 0. The van der Waals surface area contributed by atoms with Gasteiger partial charge in [-0.25, -0.2) is 0 Å². The number of allylic oxidation sites excluding steroid dienone is 1. The molecule has 3 nitrogen and oxygen atoms in total. The first kappa shape index (κ1) is 17.6. The van der Waals surface area contributed by atoms with Gasteiger partial charge in [-0.15, -0.1) is 0 Å². The summed E-state index contributed by atoms with van der Waals surface area (Å²) in [6.07, 6.45) is 7.29. The van der Waals surface area contributed by atoms with Gasteiger partial charge in [-0.05, 0) is 79.5 Å². The Kier molecular flexibility index (Phi) is 4.37. The van der Waals surface area contributed by atoms with Crippen molar-refractivity contribution in [2.24, 2.45) is 17.3 Å². The predicted molar refractivity (Wildman–Crippen MR) is 104 cm³/mol. The quantitative estimate of drug-likeness (QED) is 0.830. The average molecular weight is 354 g/mol. The van der Waals surface area contributed by atoms with Crippen LogP contribution in [0.5, 0.6) is 5.75 Å². The number of phenols is 1. The van der Waals surface area contributed by atoms with Gasteiger partial charge in [0, 0.05) is 12.2 Å². The zero-order valence-corrected chi connectivity index (χ0v) is 16.1. The van der Waals surface area contributed by atoms with Crippen LogP contribution in [0.4, 0.5) is 0 Å². The fourth-order valence-electron chi connectivity index (χ4n) is 5.92. The average Bonchev–Trinajstić information content (AvgIpc) is 2.62. The molecule has 1 heterocycles. The smallest absolute Gasteiger partial charge is 0.232 e. The number of carbonyl (C=O) groups is 1. The molecule has 2 fully saturated rings. The van der Waals surface area contributed by atoms with E-state index in [2.05, 4.69) is 26.5 Å². The van der Waals surface area contributed by atoms with Crippen LogP contribution in [0.25, 0.3) is 0 Å². The molecular weight excluding hydrogens is 322 g/mol. The first-order chi connectivity index (χ1) is 12.5. The van der Waals surface area contributed by atoms with Gasteiger partial charge in [0.2, 0.25) is 5.91 Å². The molecule has 0 radical (unpaired) electrons. The molecule has 1 amide bonds. The lowest BCUT2D eigenvalue weighted by Crippen LogP contribution is -2.56. The van der Waals surface area contributed by atoms with Crippen molar-refractivity contribution in [3.63, 3.8) is 0 Å². The van der Waals surface area contributed by atoms with Crippen LogP contribution in [-0.4, -0.2) is 22.5 Å². The Labute approximate surface area is 157 Å². The number of fused-ring (bicyclic) bond motifs is 5. The predicted octanol–water partition coefficient (Wildman–Crippen LogP) is 5.00. The Hall–Kier alpha value is -1.77. The molecule has 3 unspecified atom stereocenters. The molecule has 0 spiro atoms. The van der Waals surface area contributed by atoms with Crippen LogP contribution >= 0.6 is 0 Å². The van der Waals surface area contributed by atoms with Gasteiger partial charge >= 0.3 is 0 Å². The molecule has 26 heavy (non-hydrogen) atoms. The highest BCUT2D eigenvalue weighted by Crippen LogP contribution is 2.59. The van der Waals surface area contributed by atoms with Crippen molar-refractivity contribution in [3.8, 4) is 5.75 Å². The van der Waals surface area contributed by atoms with Crippen molar-refractivity contribution in [2.75, 3.05) is 6.54 Å². The fourth-order valence-corrected chi connectivity index (χ4v) is 5.92. The number of hydrogen-bond acceptors (Lipinski definition) is 2. The number of hydrogen-bond donors (Lipinski definition) is 1. The van der Waals surface area contributed by atoms with E-state index in [9.17, 15) is 9.90 Å². The van der Waals surface area contributed by atoms with Crippen molar-refractivity contribution in [3.05, 3.63) is 41.6 Å². The molecule has 3 heteroatoms. The number of piperidine rings is 1. The molecule has 3 aliphatic rings. The lowest BCUT2D eigenvalue weighted by atomic mass is 9.52. The summed E-state index contributed by atoms with van der Waals surface area (Å²) in [7, 11) is 0. The Morgan fingerprint density at radius 2 is 2.15 bits per heavy atom. The summed E-state index contributed by atoms with van der Waals surface area (Å²) in [5.74, 6) is 2.18. The van der Waals surface area contributed by atoms with E-state index in [4.69, 9.17) is 0 Å². The maximum Gasteiger partial charge on any atom is 0.232 e. The highest BCUT2D eigenvalue weighted by atomic mass is 16.3. The minimum absolute atomic E-state index is 0.232. The molecule has 1 saturated heterocycles. The molecule has 0 bridgehead atoms. The highest BCUT2D eigenvalue weighted by molar-refractivity contribution is 5.85. The van der Waals surface area contributed by atoms with Crippen molar-refractivity contribution in [1.29, 1.82) is 0 Å². The number of likely N-dealkylation sites (tertiary alicyclic amines) is 1. The second kappa shape index (κ2) is 6.44. The SMILES string of the molecule is C=C1CC2C3CCc4cc(O)ccc4C3CC[C@]2(C)C(=O)N1CCCC. The third-order valence-corrected chi connectivity index (χ3v) is 7.41. The number of benzene rings is 1. The van der Waals surface area contributed by atoms with E-state index in [1.54, 1.807) is 0 Å². The maximum absolute atomic E-state index is 13.4. The van der Waals surface area contributed by atoms with Gasteiger partial charge < -0.3 is 10.0 Å². The molecule has 140 valence electrons. The van der Waals surface area contributed by atoms with Crippen LogP contribution in [0.1, 0.15) is 69.4 Å². The molecule has 1 N–H and O–H groups in total. The Morgan fingerprint density at radius 3 is 2.92 bits per heavy atom. The summed E-state index contributed by atoms with van der Waals surface area (Å²) in [4.78, 5) is 15.4. The first-order valence-electron chi connectivity index (χ1n) is 10.3. The Balaban J connectivity index is 1.64. The van der Waals surface area contributed by atoms with Crippen molar-refractivity contribution in [2.45, 2.75) is 64.7 Å². The van der Waals surface area contributed by atoms with Gasteiger partial charge in [-0.1, -0.05) is 32.9 Å². The molecule has 4 atom stereocenters.